The maximum atomic E-state index is 7.02. The summed E-state index contributed by atoms with van der Waals surface area (Å²) in [4.78, 5) is 7.79. The summed E-state index contributed by atoms with van der Waals surface area (Å²) < 4.78 is 6.31. The molecular formula is C11H8N6O. The van der Waals surface area contributed by atoms with Crippen LogP contribution in [-0.2, 0) is 6.67 Å². The molecule has 3 aromatic rings. The van der Waals surface area contributed by atoms with Crippen molar-refractivity contribution in [2.45, 2.75) is 6.67 Å². The van der Waals surface area contributed by atoms with Crippen LogP contribution in [0.15, 0.2) is 28.9 Å². The molecule has 2 heterocycles. The van der Waals surface area contributed by atoms with Gasteiger partial charge in [0.2, 0.25) is 0 Å². The number of aromatic nitrogens is 4. The average Bonchev–Trinajstić information content (AvgIpc) is 2.94. The summed E-state index contributed by atoms with van der Waals surface area (Å²) >= 11 is 0. The molecule has 0 spiro atoms. The number of rotatable bonds is 2. The third-order valence-corrected chi connectivity index (χ3v) is 2.59. The van der Waals surface area contributed by atoms with Crippen molar-refractivity contribution < 1.29 is 4.63 Å². The lowest BCUT2D eigenvalue weighted by Gasteiger charge is -1.98. The number of hydrogen-bond donors (Lipinski definition) is 1. The lowest BCUT2D eigenvalue weighted by molar-refractivity contribution is 0.310. The molecule has 7 nitrogen and oxygen atoms in total. The van der Waals surface area contributed by atoms with E-state index in [9.17, 15) is 0 Å². The van der Waals surface area contributed by atoms with Crippen LogP contribution in [0, 0.1) is 6.57 Å². The molecule has 0 radical (unpaired) electrons. The molecular weight excluding hydrogens is 232 g/mol. The molecule has 18 heavy (non-hydrogen) atoms. The fourth-order valence-corrected chi connectivity index (χ4v) is 1.82. The molecule has 2 aromatic heterocycles. The monoisotopic (exact) mass is 240 g/mol. The van der Waals surface area contributed by atoms with E-state index in [1.807, 2.05) is 24.3 Å². The van der Waals surface area contributed by atoms with E-state index < -0.39 is 0 Å². The Labute approximate surface area is 102 Å². The zero-order valence-electron chi connectivity index (χ0n) is 9.24. The lowest BCUT2D eigenvalue weighted by Crippen LogP contribution is -1.99. The van der Waals surface area contributed by atoms with Crippen LogP contribution < -0.4 is 5.73 Å². The van der Waals surface area contributed by atoms with Gasteiger partial charge in [0.15, 0.2) is 17.3 Å². The van der Waals surface area contributed by atoms with Crippen molar-refractivity contribution in [2.75, 3.05) is 5.73 Å². The first kappa shape index (κ1) is 10.3. The molecule has 0 aliphatic heterocycles. The predicted molar refractivity (Wildman–Crippen MR) is 64.0 cm³/mol. The number of nitrogens with two attached hydrogens (primary N) is 1. The quantitative estimate of drug-likeness (QED) is 0.686. The van der Waals surface area contributed by atoms with Crippen LogP contribution >= 0.6 is 0 Å². The Kier molecular flexibility index (Phi) is 2.20. The Morgan fingerprint density at radius 3 is 2.89 bits per heavy atom. The van der Waals surface area contributed by atoms with Crippen LogP contribution in [0.25, 0.3) is 27.4 Å². The minimum atomic E-state index is 0.141. The number of hydrogen-bond acceptors (Lipinski definition) is 5. The first-order valence-electron chi connectivity index (χ1n) is 5.18. The van der Waals surface area contributed by atoms with Crippen LogP contribution in [-0.4, -0.2) is 19.9 Å². The van der Waals surface area contributed by atoms with Crippen LogP contribution in [0.1, 0.15) is 0 Å². The molecule has 3 rings (SSSR count). The summed E-state index contributed by atoms with van der Waals surface area (Å²) in [7, 11) is 0. The highest BCUT2D eigenvalue weighted by Crippen LogP contribution is 2.26. The van der Waals surface area contributed by atoms with Crippen molar-refractivity contribution in [1.82, 2.24) is 19.9 Å². The summed E-state index contributed by atoms with van der Waals surface area (Å²) in [5.74, 6) is 0.655. The highest BCUT2D eigenvalue weighted by molar-refractivity contribution is 5.81. The SMILES string of the molecule is [C-]#[N+]Cn1c(-c2nonc2N)nc2ccccc21. The largest absolute Gasteiger partial charge is 0.379 e. The second-order valence-electron chi connectivity index (χ2n) is 3.65. The third kappa shape index (κ3) is 1.40. The van der Waals surface area contributed by atoms with Gasteiger partial charge in [-0.3, -0.25) is 9.41 Å². The number of benzene rings is 1. The first-order valence-corrected chi connectivity index (χ1v) is 5.18. The summed E-state index contributed by atoms with van der Waals surface area (Å²) in [5.41, 5.74) is 7.65. The van der Waals surface area contributed by atoms with E-state index in [2.05, 4.69) is 24.8 Å². The van der Waals surface area contributed by atoms with E-state index in [0.717, 1.165) is 11.0 Å². The third-order valence-electron chi connectivity index (χ3n) is 2.59. The highest BCUT2D eigenvalue weighted by atomic mass is 16.6. The number of nitrogen functional groups attached to an aromatic ring is 1. The molecule has 0 amide bonds. The molecule has 0 aliphatic rings. The zero-order valence-corrected chi connectivity index (χ0v) is 9.24. The van der Waals surface area contributed by atoms with Gasteiger partial charge in [0, 0.05) is 0 Å². The molecule has 0 saturated carbocycles. The van der Waals surface area contributed by atoms with Gasteiger partial charge >= 0.3 is 0 Å². The van der Waals surface area contributed by atoms with Crippen LogP contribution in [0.4, 0.5) is 5.82 Å². The van der Waals surface area contributed by atoms with Gasteiger partial charge in [0.05, 0.1) is 11.0 Å². The second kappa shape index (κ2) is 3.85. The van der Waals surface area contributed by atoms with E-state index in [1.165, 1.54) is 0 Å². The standard InChI is InChI=1S/C11H8N6O/c1-13-6-17-8-5-3-2-4-7(8)14-11(17)9-10(12)16-18-15-9/h2-5H,6H2,(H2,12,16). The number of para-hydroxylation sites is 2. The van der Waals surface area contributed by atoms with E-state index in [4.69, 9.17) is 12.3 Å². The van der Waals surface area contributed by atoms with Gasteiger partial charge in [-0.2, -0.15) is 0 Å². The van der Waals surface area contributed by atoms with E-state index in [0.29, 0.717) is 11.5 Å². The van der Waals surface area contributed by atoms with Crippen molar-refractivity contribution in [2.24, 2.45) is 0 Å². The first-order chi connectivity index (χ1) is 8.81. The predicted octanol–water partition coefficient (Wildman–Crippen LogP) is 1.55. The van der Waals surface area contributed by atoms with Crippen LogP contribution in [0.3, 0.4) is 0 Å². The van der Waals surface area contributed by atoms with Crippen LogP contribution in [0.5, 0.6) is 0 Å². The Morgan fingerprint density at radius 1 is 1.33 bits per heavy atom. The van der Waals surface area contributed by atoms with E-state index >= 15 is 0 Å². The Balaban J connectivity index is 2.32. The molecule has 0 aliphatic carbocycles. The molecule has 0 fully saturated rings. The van der Waals surface area contributed by atoms with Crippen molar-refractivity contribution >= 4 is 16.9 Å². The summed E-state index contributed by atoms with van der Waals surface area (Å²) in [6, 6.07) is 7.52. The Bertz CT molecular complexity index is 750. The van der Waals surface area contributed by atoms with Gasteiger partial charge in [0.1, 0.15) is 0 Å². The van der Waals surface area contributed by atoms with E-state index in [1.54, 1.807) is 4.57 Å². The van der Waals surface area contributed by atoms with E-state index in [-0.39, 0.29) is 12.5 Å². The normalized spacial score (nSPS) is 10.6. The van der Waals surface area contributed by atoms with Crippen molar-refractivity contribution in [3.8, 4) is 11.5 Å². The second-order valence-corrected chi connectivity index (χ2v) is 3.65. The summed E-state index contributed by atoms with van der Waals surface area (Å²) in [5, 5.41) is 7.25. The van der Waals surface area contributed by atoms with Crippen molar-refractivity contribution in [3.05, 3.63) is 35.7 Å². The van der Waals surface area contributed by atoms with Gasteiger partial charge in [0.25, 0.3) is 6.67 Å². The molecule has 2 N–H and O–H groups in total. The van der Waals surface area contributed by atoms with Crippen LogP contribution in [0.2, 0.25) is 0 Å². The minimum Gasteiger partial charge on any atom is -0.379 e. The molecule has 88 valence electrons. The number of fused-ring (bicyclic) bond motifs is 1. The Morgan fingerprint density at radius 2 is 2.17 bits per heavy atom. The lowest BCUT2D eigenvalue weighted by atomic mass is 10.3. The highest BCUT2D eigenvalue weighted by Gasteiger charge is 2.19. The number of imidazole rings is 1. The minimum absolute atomic E-state index is 0.141. The molecule has 0 saturated heterocycles. The van der Waals surface area contributed by atoms with Gasteiger partial charge in [-0.15, -0.1) is 0 Å². The smallest absolute Gasteiger partial charge is 0.294 e. The molecule has 7 heteroatoms. The fraction of sp³-hybridized carbons (Fsp3) is 0.0909. The van der Waals surface area contributed by atoms with Gasteiger partial charge in [-0.25, -0.2) is 16.2 Å². The average molecular weight is 240 g/mol. The summed E-state index contributed by atoms with van der Waals surface area (Å²) in [6.45, 7) is 7.16. The molecule has 0 bridgehead atoms. The topological polar surface area (TPSA) is 87.1 Å². The van der Waals surface area contributed by atoms with Gasteiger partial charge < -0.3 is 5.73 Å². The van der Waals surface area contributed by atoms with Crippen molar-refractivity contribution in [3.63, 3.8) is 0 Å². The zero-order chi connectivity index (χ0) is 12.5. The summed E-state index contributed by atoms with van der Waals surface area (Å²) in [6.07, 6.45) is 0. The fourth-order valence-electron chi connectivity index (χ4n) is 1.82. The number of nitrogens with zero attached hydrogens (tertiary/aromatic N) is 5. The maximum absolute atomic E-state index is 7.02. The maximum Gasteiger partial charge on any atom is 0.294 e. The molecule has 1 aromatic carbocycles. The molecule has 0 atom stereocenters. The van der Waals surface area contributed by atoms with Gasteiger partial charge in [-0.05, 0) is 22.4 Å². The molecule has 0 unspecified atom stereocenters. The van der Waals surface area contributed by atoms with Gasteiger partial charge in [-0.1, -0.05) is 12.1 Å². The Hall–Kier alpha value is -2.88. The number of anilines is 1. The van der Waals surface area contributed by atoms with Crippen molar-refractivity contribution in [1.29, 1.82) is 0 Å².